The molecule has 2 heterocycles. The first-order chi connectivity index (χ1) is 14.9. The lowest BCUT2D eigenvalue weighted by atomic mass is 10.1. The quantitative estimate of drug-likeness (QED) is 0.652. The molecule has 2 aliphatic rings. The maximum absolute atomic E-state index is 13.0. The molecule has 1 amide bonds. The summed E-state index contributed by atoms with van der Waals surface area (Å²) in [6.07, 6.45) is 2.45. The highest BCUT2D eigenvalue weighted by Crippen LogP contribution is 2.32. The Labute approximate surface area is 193 Å². The molecule has 2 fully saturated rings. The van der Waals surface area contributed by atoms with E-state index in [1.165, 1.54) is 29.3 Å². The van der Waals surface area contributed by atoms with Crippen LogP contribution in [0.2, 0.25) is 10.0 Å². The average molecular weight is 482 g/mol. The van der Waals surface area contributed by atoms with Gasteiger partial charge in [-0.2, -0.15) is 4.31 Å². The van der Waals surface area contributed by atoms with E-state index in [0.717, 1.165) is 25.2 Å². The van der Waals surface area contributed by atoms with Crippen LogP contribution in [-0.2, 0) is 16.6 Å². The molecule has 0 unspecified atom stereocenters. The summed E-state index contributed by atoms with van der Waals surface area (Å²) in [5.74, 6) is -0.0731. The summed E-state index contributed by atoms with van der Waals surface area (Å²) in [5, 5.41) is 0.196. The Hall–Kier alpha value is -1.64. The Kier molecular flexibility index (Phi) is 6.89. The van der Waals surface area contributed by atoms with Crippen LogP contribution in [0.15, 0.2) is 47.4 Å². The SMILES string of the molecule is O=C(c1cccc(CN2CCCC2)c1)N1CCN(S(=O)(=O)c2c(Cl)cccc2Cl)CC1. The normalized spacial score (nSPS) is 18.5. The minimum atomic E-state index is -3.83. The predicted molar refractivity (Wildman–Crippen MR) is 122 cm³/mol. The van der Waals surface area contributed by atoms with Crippen LogP contribution in [0.4, 0.5) is 0 Å². The number of carbonyl (C=O) groups excluding carboxylic acids is 1. The maximum atomic E-state index is 13.0. The monoisotopic (exact) mass is 481 g/mol. The summed E-state index contributed by atoms with van der Waals surface area (Å²) < 4.78 is 27.4. The molecule has 0 radical (unpaired) electrons. The second-order valence-electron chi connectivity index (χ2n) is 7.93. The third-order valence-electron chi connectivity index (χ3n) is 5.82. The molecule has 0 N–H and O–H groups in total. The lowest BCUT2D eigenvalue weighted by Crippen LogP contribution is -2.50. The number of hydrogen-bond donors (Lipinski definition) is 0. The van der Waals surface area contributed by atoms with Crippen LogP contribution in [0.25, 0.3) is 0 Å². The van der Waals surface area contributed by atoms with Crippen molar-refractivity contribution in [3.63, 3.8) is 0 Å². The van der Waals surface area contributed by atoms with Crippen LogP contribution >= 0.6 is 23.2 Å². The molecule has 0 saturated carbocycles. The standard InChI is InChI=1S/C22H25Cl2N3O3S/c23-19-7-4-8-20(24)21(19)31(29,30)27-13-11-26(12-14-27)22(28)18-6-3-5-17(15-18)16-25-9-1-2-10-25/h3-8,15H,1-2,9-14,16H2. The number of rotatable bonds is 5. The van der Waals surface area contributed by atoms with Crippen LogP contribution in [-0.4, -0.2) is 67.7 Å². The fraction of sp³-hybridized carbons (Fsp3) is 0.409. The highest BCUT2D eigenvalue weighted by Gasteiger charge is 2.33. The van der Waals surface area contributed by atoms with Gasteiger partial charge in [0.05, 0.1) is 10.0 Å². The molecule has 6 nitrogen and oxygen atoms in total. The van der Waals surface area contributed by atoms with E-state index in [2.05, 4.69) is 4.90 Å². The second-order valence-corrected chi connectivity index (χ2v) is 10.6. The van der Waals surface area contributed by atoms with Crippen LogP contribution in [0.3, 0.4) is 0 Å². The van der Waals surface area contributed by atoms with E-state index < -0.39 is 10.0 Å². The minimum Gasteiger partial charge on any atom is -0.336 e. The summed E-state index contributed by atoms with van der Waals surface area (Å²) in [5.41, 5.74) is 1.77. The molecule has 4 rings (SSSR count). The zero-order valence-electron chi connectivity index (χ0n) is 17.1. The van der Waals surface area contributed by atoms with E-state index in [0.29, 0.717) is 18.7 Å². The lowest BCUT2D eigenvalue weighted by molar-refractivity contribution is 0.0697. The Morgan fingerprint density at radius 1 is 0.871 bits per heavy atom. The third-order valence-corrected chi connectivity index (χ3v) is 8.68. The Morgan fingerprint density at radius 2 is 1.48 bits per heavy atom. The van der Waals surface area contributed by atoms with Crippen molar-refractivity contribution in [2.75, 3.05) is 39.3 Å². The number of nitrogens with zero attached hydrogens (tertiary/aromatic N) is 3. The minimum absolute atomic E-state index is 0.0731. The van der Waals surface area contributed by atoms with Gasteiger partial charge in [-0.1, -0.05) is 41.4 Å². The lowest BCUT2D eigenvalue weighted by Gasteiger charge is -2.34. The Balaban J connectivity index is 1.42. The van der Waals surface area contributed by atoms with Gasteiger partial charge in [-0.05, 0) is 55.8 Å². The van der Waals surface area contributed by atoms with E-state index in [-0.39, 0.29) is 33.9 Å². The molecule has 2 saturated heterocycles. The summed E-state index contributed by atoms with van der Waals surface area (Å²) >= 11 is 12.2. The van der Waals surface area contributed by atoms with E-state index in [1.807, 2.05) is 24.3 Å². The first-order valence-electron chi connectivity index (χ1n) is 10.4. The molecule has 31 heavy (non-hydrogen) atoms. The first-order valence-corrected chi connectivity index (χ1v) is 12.6. The fourth-order valence-electron chi connectivity index (χ4n) is 4.17. The van der Waals surface area contributed by atoms with Gasteiger partial charge < -0.3 is 4.90 Å². The molecule has 0 bridgehead atoms. The molecular formula is C22H25Cl2N3O3S. The van der Waals surface area contributed by atoms with Crippen molar-refractivity contribution in [2.24, 2.45) is 0 Å². The zero-order valence-corrected chi connectivity index (χ0v) is 19.5. The molecule has 9 heteroatoms. The van der Waals surface area contributed by atoms with Crippen LogP contribution in [0, 0.1) is 0 Å². The molecule has 2 aromatic rings. The number of likely N-dealkylation sites (tertiary alicyclic amines) is 1. The fourth-order valence-corrected chi connectivity index (χ4v) is 6.69. The Bertz CT molecular complexity index is 1040. The number of halogens is 2. The van der Waals surface area contributed by atoms with Gasteiger partial charge >= 0.3 is 0 Å². The van der Waals surface area contributed by atoms with Gasteiger partial charge in [0.1, 0.15) is 4.90 Å². The topological polar surface area (TPSA) is 60.9 Å². The molecule has 0 aromatic heterocycles. The number of sulfonamides is 1. The number of piperazine rings is 1. The number of amides is 1. The van der Waals surface area contributed by atoms with E-state index in [1.54, 1.807) is 11.0 Å². The van der Waals surface area contributed by atoms with Crippen molar-refractivity contribution in [1.29, 1.82) is 0 Å². The van der Waals surface area contributed by atoms with Crippen molar-refractivity contribution in [1.82, 2.24) is 14.1 Å². The van der Waals surface area contributed by atoms with Crippen LogP contribution < -0.4 is 0 Å². The van der Waals surface area contributed by atoms with Gasteiger partial charge in [-0.25, -0.2) is 8.42 Å². The molecule has 0 aliphatic carbocycles. The highest BCUT2D eigenvalue weighted by atomic mass is 35.5. The van der Waals surface area contributed by atoms with Crippen molar-refractivity contribution >= 4 is 39.1 Å². The molecular weight excluding hydrogens is 457 g/mol. The molecule has 166 valence electrons. The van der Waals surface area contributed by atoms with Gasteiger partial charge in [0.15, 0.2) is 0 Å². The van der Waals surface area contributed by atoms with Gasteiger partial charge in [0.25, 0.3) is 5.91 Å². The van der Waals surface area contributed by atoms with Gasteiger partial charge in [-0.3, -0.25) is 9.69 Å². The van der Waals surface area contributed by atoms with E-state index >= 15 is 0 Å². The molecule has 0 spiro atoms. The average Bonchev–Trinajstić information content (AvgIpc) is 3.26. The summed E-state index contributed by atoms with van der Waals surface area (Å²) in [6.45, 7) is 4.08. The summed E-state index contributed by atoms with van der Waals surface area (Å²) in [6, 6.07) is 12.4. The number of hydrogen-bond acceptors (Lipinski definition) is 4. The van der Waals surface area contributed by atoms with Crippen molar-refractivity contribution in [3.8, 4) is 0 Å². The Morgan fingerprint density at radius 3 is 2.13 bits per heavy atom. The van der Waals surface area contributed by atoms with Gasteiger partial charge in [0.2, 0.25) is 10.0 Å². The third kappa shape index (κ3) is 4.91. The second kappa shape index (κ2) is 9.46. The van der Waals surface area contributed by atoms with E-state index in [4.69, 9.17) is 23.2 Å². The predicted octanol–water partition coefficient (Wildman–Crippen LogP) is 3.74. The van der Waals surface area contributed by atoms with Crippen molar-refractivity contribution < 1.29 is 13.2 Å². The maximum Gasteiger partial charge on any atom is 0.253 e. The zero-order chi connectivity index (χ0) is 22.0. The van der Waals surface area contributed by atoms with Gasteiger partial charge in [0, 0.05) is 38.3 Å². The van der Waals surface area contributed by atoms with Crippen LogP contribution in [0.5, 0.6) is 0 Å². The summed E-state index contributed by atoms with van der Waals surface area (Å²) in [4.78, 5) is 17.0. The van der Waals surface area contributed by atoms with Gasteiger partial charge in [-0.15, -0.1) is 0 Å². The number of benzene rings is 2. The van der Waals surface area contributed by atoms with Crippen molar-refractivity contribution in [3.05, 3.63) is 63.6 Å². The first kappa shape index (κ1) is 22.6. The smallest absolute Gasteiger partial charge is 0.253 e. The number of carbonyl (C=O) groups is 1. The molecule has 2 aliphatic heterocycles. The highest BCUT2D eigenvalue weighted by molar-refractivity contribution is 7.89. The molecule has 2 aromatic carbocycles. The van der Waals surface area contributed by atoms with Crippen molar-refractivity contribution in [2.45, 2.75) is 24.3 Å². The summed E-state index contributed by atoms with van der Waals surface area (Å²) in [7, 11) is -3.83. The largest absolute Gasteiger partial charge is 0.336 e. The van der Waals surface area contributed by atoms with E-state index in [9.17, 15) is 13.2 Å². The van der Waals surface area contributed by atoms with Crippen LogP contribution in [0.1, 0.15) is 28.8 Å². The molecule has 0 atom stereocenters.